The highest BCUT2D eigenvalue weighted by atomic mass is 16.5. The lowest BCUT2D eigenvalue weighted by atomic mass is 9.94. The average Bonchev–Trinajstić information content (AvgIpc) is 2.66. The van der Waals surface area contributed by atoms with Crippen molar-refractivity contribution in [1.29, 1.82) is 0 Å². The minimum absolute atomic E-state index is 0.0990. The third-order valence-corrected chi connectivity index (χ3v) is 3.52. The van der Waals surface area contributed by atoms with Crippen LogP contribution < -0.4 is 5.32 Å². The van der Waals surface area contributed by atoms with Gasteiger partial charge in [-0.05, 0) is 26.2 Å². The van der Waals surface area contributed by atoms with Crippen LogP contribution in [0.15, 0.2) is 0 Å². The number of rotatable bonds is 2. The molecule has 1 amide bonds. The molecule has 3 nitrogen and oxygen atoms in total. The van der Waals surface area contributed by atoms with Gasteiger partial charge in [0, 0.05) is 6.04 Å². The molecule has 1 aliphatic carbocycles. The molecule has 3 heteroatoms. The maximum absolute atomic E-state index is 11.9. The van der Waals surface area contributed by atoms with Crippen LogP contribution >= 0.6 is 0 Å². The SMILES string of the molecule is CC1CC(C(=O)NC2CCCCC2)CO1. The number of hydrogen-bond acceptors (Lipinski definition) is 2. The summed E-state index contributed by atoms with van der Waals surface area (Å²) in [6.45, 7) is 2.65. The Morgan fingerprint density at radius 3 is 2.60 bits per heavy atom. The van der Waals surface area contributed by atoms with Crippen LogP contribution in [-0.4, -0.2) is 24.7 Å². The summed E-state index contributed by atoms with van der Waals surface area (Å²) in [4.78, 5) is 11.9. The van der Waals surface area contributed by atoms with Crippen LogP contribution in [0.4, 0.5) is 0 Å². The summed E-state index contributed by atoms with van der Waals surface area (Å²) in [5, 5.41) is 3.16. The molecule has 0 aromatic heterocycles. The molecule has 2 unspecified atom stereocenters. The van der Waals surface area contributed by atoms with Crippen molar-refractivity contribution in [3.63, 3.8) is 0 Å². The van der Waals surface area contributed by atoms with E-state index in [-0.39, 0.29) is 17.9 Å². The fourth-order valence-electron chi connectivity index (χ4n) is 2.57. The van der Waals surface area contributed by atoms with Crippen molar-refractivity contribution < 1.29 is 9.53 Å². The van der Waals surface area contributed by atoms with E-state index >= 15 is 0 Å². The number of carbonyl (C=O) groups is 1. The monoisotopic (exact) mass is 211 g/mol. The molecular weight excluding hydrogens is 190 g/mol. The summed E-state index contributed by atoms with van der Waals surface area (Å²) in [5.74, 6) is 0.313. The van der Waals surface area contributed by atoms with Crippen molar-refractivity contribution in [2.75, 3.05) is 6.61 Å². The van der Waals surface area contributed by atoms with Crippen molar-refractivity contribution in [3.05, 3.63) is 0 Å². The van der Waals surface area contributed by atoms with Crippen LogP contribution in [0.5, 0.6) is 0 Å². The zero-order chi connectivity index (χ0) is 10.7. The molecule has 2 aliphatic rings. The Kier molecular flexibility index (Phi) is 3.62. The molecule has 2 atom stereocenters. The minimum Gasteiger partial charge on any atom is -0.378 e. The highest BCUT2D eigenvalue weighted by molar-refractivity contribution is 5.79. The predicted octanol–water partition coefficient (Wildman–Crippen LogP) is 1.86. The molecule has 1 heterocycles. The van der Waals surface area contributed by atoms with Gasteiger partial charge in [-0.2, -0.15) is 0 Å². The molecule has 0 aromatic rings. The van der Waals surface area contributed by atoms with Gasteiger partial charge in [-0.1, -0.05) is 19.3 Å². The molecule has 2 rings (SSSR count). The molecule has 1 saturated heterocycles. The second kappa shape index (κ2) is 4.97. The number of ether oxygens (including phenoxy) is 1. The van der Waals surface area contributed by atoms with Gasteiger partial charge in [0.2, 0.25) is 5.91 Å². The van der Waals surface area contributed by atoms with E-state index in [2.05, 4.69) is 5.32 Å². The van der Waals surface area contributed by atoms with E-state index in [1.165, 1.54) is 19.3 Å². The lowest BCUT2D eigenvalue weighted by Gasteiger charge is -2.24. The lowest BCUT2D eigenvalue weighted by molar-refractivity contribution is -0.125. The van der Waals surface area contributed by atoms with E-state index in [0.29, 0.717) is 12.6 Å². The zero-order valence-electron chi connectivity index (χ0n) is 9.50. The van der Waals surface area contributed by atoms with Crippen molar-refractivity contribution in [3.8, 4) is 0 Å². The van der Waals surface area contributed by atoms with Gasteiger partial charge in [0.15, 0.2) is 0 Å². The van der Waals surface area contributed by atoms with Gasteiger partial charge in [-0.15, -0.1) is 0 Å². The molecule has 1 N–H and O–H groups in total. The van der Waals surface area contributed by atoms with Gasteiger partial charge < -0.3 is 10.1 Å². The van der Waals surface area contributed by atoms with Crippen LogP contribution in [0.1, 0.15) is 45.4 Å². The molecule has 2 fully saturated rings. The van der Waals surface area contributed by atoms with Gasteiger partial charge in [-0.25, -0.2) is 0 Å². The van der Waals surface area contributed by atoms with Crippen LogP contribution in [-0.2, 0) is 9.53 Å². The van der Waals surface area contributed by atoms with Crippen molar-refractivity contribution in [1.82, 2.24) is 5.32 Å². The van der Waals surface area contributed by atoms with E-state index in [1.807, 2.05) is 6.92 Å². The first-order chi connectivity index (χ1) is 7.25. The van der Waals surface area contributed by atoms with Crippen LogP contribution in [0.2, 0.25) is 0 Å². The molecule has 1 saturated carbocycles. The van der Waals surface area contributed by atoms with Gasteiger partial charge in [0.1, 0.15) is 0 Å². The molecule has 1 aliphatic heterocycles. The van der Waals surface area contributed by atoms with E-state index in [0.717, 1.165) is 19.3 Å². The molecule has 0 radical (unpaired) electrons. The summed E-state index contributed by atoms with van der Waals surface area (Å²) in [6, 6.07) is 0.433. The fraction of sp³-hybridized carbons (Fsp3) is 0.917. The summed E-state index contributed by atoms with van der Waals surface area (Å²) in [5.41, 5.74) is 0. The summed E-state index contributed by atoms with van der Waals surface area (Å²) >= 11 is 0. The van der Waals surface area contributed by atoms with Gasteiger partial charge >= 0.3 is 0 Å². The summed E-state index contributed by atoms with van der Waals surface area (Å²) in [7, 11) is 0. The number of carbonyl (C=O) groups excluding carboxylic acids is 1. The van der Waals surface area contributed by atoms with Crippen LogP contribution in [0, 0.1) is 5.92 Å². The Labute approximate surface area is 91.6 Å². The van der Waals surface area contributed by atoms with E-state index in [1.54, 1.807) is 0 Å². The minimum atomic E-state index is 0.0990. The topological polar surface area (TPSA) is 38.3 Å². The maximum Gasteiger partial charge on any atom is 0.225 e. The lowest BCUT2D eigenvalue weighted by Crippen LogP contribution is -2.40. The third kappa shape index (κ3) is 2.94. The molecule has 0 spiro atoms. The first-order valence-electron chi connectivity index (χ1n) is 6.17. The summed E-state index contributed by atoms with van der Waals surface area (Å²) < 4.78 is 5.41. The number of nitrogens with one attached hydrogen (secondary N) is 1. The Morgan fingerprint density at radius 1 is 1.27 bits per heavy atom. The predicted molar refractivity (Wildman–Crippen MR) is 58.5 cm³/mol. The molecule has 0 bridgehead atoms. The summed E-state index contributed by atoms with van der Waals surface area (Å²) in [6.07, 6.45) is 7.33. The van der Waals surface area contributed by atoms with Gasteiger partial charge in [0.25, 0.3) is 0 Å². The zero-order valence-corrected chi connectivity index (χ0v) is 9.50. The number of amides is 1. The normalized spacial score (nSPS) is 32.9. The average molecular weight is 211 g/mol. The van der Waals surface area contributed by atoms with E-state index in [4.69, 9.17) is 4.74 Å². The van der Waals surface area contributed by atoms with E-state index in [9.17, 15) is 4.79 Å². The quantitative estimate of drug-likeness (QED) is 0.757. The molecule has 86 valence electrons. The van der Waals surface area contributed by atoms with E-state index < -0.39 is 0 Å². The second-order valence-corrected chi connectivity index (χ2v) is 4.92. The Hall–Kier alpha value is -0.570. The Bertz CT molecular complexity index is 224. The highest BCUT2D eigenvalue weighted by Gasteiger charge is 2.29. The molecular formula is C12H21NO2. The van der Waals surface area contributed by atoms with Crippen molar-refractivity contribution in [2.45, 2.75) is 57.6 Å². The maximum atomic E-state index is 11.9. The standard InChI is InChI=1S/C12H21NO2/c1-9-7-10(8-15-9)12(14)13-11-5-3-2-4-6-11/h9-11H,2-8H2,1H3,(H,13,14). The van der Waals surface area contributed by atoms with Gasteiger partial charge in [0.05, 0.1) is 18.6 Å². The molecule has 15 heavy (non-hydrogen) atoms. The third-order valence-electron chi connectivity index (χ3n) is 3.52. The Morgan fingerprint density at radius 2 is 2.00 bits per heavy atom. The van der Waals surface area contributed by atoms with Crippen molar-refractivity contribution >= 4 is 5.91 Å². The first kappa shape index (κ1) is 10.9. The number of hydrogen-bond donors (Lipinski definition) is 1. The first-order valence-corrected chi connectivity index (χ1v) is 6.17. The fourth-order valence-corrected chi connectivity index (χ4v) is 2.57. The van der Waals surface area contributed by atoms with Gasteiger partial charge in [-0.3, -0.25) is 4.79 Å². The second-order valence-electron chi connectivity index (χ2n) is 4.92. The molecule has 0 aromatic carbocycles. The Balaban J connectivity index is 1.76. The smallest absolute Gasteiger partial charge is 0.225 e. The highest BCUT2D eigenvalue weighted by Crippen LogP contribution is 2.21. The van der Waals surface area contributed by atoms with Crippen LogP contribution in [0.25, 0.3) is 0 Å². The van der Waals surface area contributed by atoms with Crippen molar-refractivity contribution in [2.24, 2.45) is 5.92 Å². The van der Waals surface area contributed by atoms with Crippen LogP contribution in [0.3, 0.4) is 0 Å². The largest absolute Gasteiger partial charge is 0.378 e.